The minimum Gasteiger partial charge on any atom is -0.469 e. The van der Waals surface area contributed by atoms with Crippen LogP contribution in [0, 0.1) is 29.6 Å². The molecule has 118 valence electrons. The smallest absolute Gasteiger partial charge is 0.309 e. The van der Waals surface area contributed by atoms with E-state index in [0.29, 0.717) is 19.4 Å². The molecule has 5 nitrogen and oxygen atoms in total. The van der Waals surface area contributed by atoms with Crippen LogP contribution in [-0.4, -0.2) is 36.9 Å². The van der Waals surface area contributed by atoms with Crippen molar-refractivity contribution in [3.63, 3.8) is 0 Å². The first-order chi connectivity index (χ1) is 9.99. The first-order valence-electron chi connectivity index (χ1n) is 7.60. The van der Waals surface area contributed by atoms with Crippen LogP contribution in [0.4, 0.5) is 0 Å². The van der Waals surface area contributed by atoms with Crippen LogP contribution in [0.1, 0.15) is 26.7 Å². The van der Waals surface area contributed by atoms with Crippen molar-refractivity contribution >= 4 is 11.9 Å². The fourth-order valence-corrected chi connectivity index (χ4v) is 3.79. The summed E-state index contributed by atoms with van der Waals surface area (Å²) in [5, 5.41) is 10.5. The molecular weight excluding hydrogens is 272 g/mol. The van der Waals surface area contributed by atoms with Crippen LogP contribution >= 0.6 is 0 Å². The van der Waals surface area contributed by atoms with E-state index in [1.54, 1.807) is 6.92 Å². The number of carbonyl (C=O) groups excluding carboxylic acids is 2. The molecule has 5 heteroatoms. The zero-order valence-electron chi connectivity index (χ0n) is 12.8. The molecule has 2 rings (SSSR count). The molecule has 0 unspecified atom stereocenters. The van der Waals surface area contributed by atoms with Crippen molar-refractivity contribution in [3.8, 4) is 0 Å². The Kier molecular flexibility index (Phi) is 5.04. The molecule has 0 bridgehead atoms. The number of methoxy groups -OCH3 is 1. The van der Waals surface area contributed by atoms with Gasteiger partial charge in [0.15, 0.2) is 0 Å². The number of rotatable bonds is 3. The van der Waals surface area contributed by atoms with E-state index in [-0.39, 0.29) is 41.5 Å². The molecule has 6 atom stereocenters. The van der Waals surface area contributed by atoms with E-state index in [2.05, 4.69) is 0 Å². The summed E-state index contributed by atoms with van der Waals surface area (Å²) in [4.78, 5) is 23.9. The van der Waals surface area contributed by atoms with E-state index in [9.17, 15) is 14.7 Å². The van der Waals surface area contributed by atoms with E-state index in [0.717, 1.165) is 0 Å². The van der Waals surface area contributed by atoms with E-state index in [4.69, 9.17) is 9.47 Å². The van der Waals surface area contributed by atoms with Gasteiger partial charge < -0.3 is 14.6 Å². The van der Waals surface area contributed by atoms with Gasteiger partial charge in [-0.1, -0.05) is 19.1 Å². The summed E-state index contributed by atoms with van der Waals surface area (Å²) in [5.74, 6) is -1.30. The molecule has 2 aliphatic rings. The molecule has 0 aromatic carbocycles. The molecule has 0 aromatic rings. The Labute approximate surface area is 125 Å². The third-order valence-corrected chi connectivity index (χ3v) is 4.76. The third kappa shape index (κ3) is 3.12. The van der Waals surface area contributed by atoms with Crippen molar-refractivity contribution in [2.75, 3.05) is 13.7 Å². The van der Waals surface area contributed by atoms with Gasteiger partial charge in [0.1, 0.15) is 0 Å². The summed E-state index contributed by atoms with van der Waals surface area (Å²) in [7, 11) is 1.36. The highest BCUT2D eigenvalue weighted by atomic mass is 16.5. The average Bonchev–Trinajstić information content (AvgIpc) is 2.46. The maximum absolute atomic E-state index is 12.2. The van der Waals surface area contributed by atoms with Gasteiger partial charge in [0, 0.05) is 5.92 Å². The van der Waals surface area contributed by atoms with Crippen LogP contribution in [0.15, 0.2) is 12.2 Å². The maximum Gasteiger partial charge on any atom is 0.309 e. The number of hydrogen-bond acceptors (Lipinski definition) is 5. The molecule has 1 N–H and O–H groups in total. The molecule has 0 spiro atoms. The molecule has 1 saturated carbocycles. The van der Waals surface area contributed by atoms with E-state index in [1.807, 2.05) is 19.1 Å². The highest BCUT2D eigenvalue weighted by molar-refractivity contribution is 5.75. The second kappa shape index (κ2) is 6.60. The Hall–Kier alpha value is -1.36. The fourth-order valence-electron chi connectivity index (χ4n) is 3.79. The molecule has 0 amide bonds. The zero-order chi connectivity index (χ0) is 15.6. The number of ether oxygens (including phenoxy) is 2. The lowest BCUT2D eigenvalue weighted by Gasteiger charge is -2.44. The number of esters is 2. The van der Waals surface area contributed by atoms with Crippen molar-refractivity contribution in [1.29, 1.82) is 0 Å². The topological polar surface area (TPSA) is 72.8 Å². The molecule has 0 saturated heterocycles. The van der Waals surface area contributed by atoms with E-state index < -0.39 is 6.10 Å². The number of allylic oxidation sites excluding steroid dienone is 2. The molecule has 0 radical (unpaired) electrons. The van der Waals surface area contributed by atoms with Crippen LogP contribution < -0.4 is 0 Å². The number of aliphatic hydroxyl groups excluding tert-OH is 1. The van der Waals surface area contributed by atoms with Crippen LogP contribution in [0.25, 0.3) is 0 Å². The first-order valence-corrected chi connectivity index (χ1v) is 7.60. The summed E-state index contributed by atoms with van der Waals surface area (Å²) in [6.07, 6.45) is 4.31. The number of carbonyl (C=O) groups is 2. The highest BCUT2D eigenvalue weighted by Crippen LogP contribution is 2.45. The second-order valence-electron chi connectivity index (χ2n) is 6.02. The van der Waals surface area contributed by atoms with Crippen LogP contribution in [0.3, 0.4) is 0 Å². The lowest BCUT2D eigenvalue weighted by Crippen LogP contribution is -2.48. The molecule has 0 aliphatic heterocycles. The van der Waals surface area contributed by atoms with Crippen molar-refractivity contribution in [1.82, 2.24) is 0 Å². The van der Waals surface area contributed by atoms with Gasteiger partial charge in [-0.05, 0) is 31.6 Å². The van der Waals surface area contributed by atoms with Gasteiger partial charge in [-0.2, -0.15) is 0 Å². The van der Waals surface area contributed by atoms with Gasteiger partial charge in [0.05, 0.1) is 31.7 Å². The van der Waals surface area contributed by atoms with E-state index >= 15 is 0 Å². The number of fused-ring (bicyclic) bond motifs is 1. The first kappa shape index (κ1) is 16.0. The van der Waals surface area contributed by atoms with Crippen molar-refractivity contribution in [2.45, 2.75) is 32.8 Å². The number of hydrogen-bond donors (Lipinski definition) is 1. The molecule has 0 heterocycles. The molecule has 21 heavy (non-hydrogen) atoms. The van der Waals surface area contributed by atoms with Gasteiger partial charge >= 0.3 is 11.9 Å². The lowest BCUT2D eigenvalue weighted by molar-refractivity contribution is -0.160. The quantitative estimate of drug-likeness (QED) is 0.632. The Balaban J connectivity index is 2.21. The summed E-state index contributed by atoms with van der Waals surface area (Å²) in [5.41, 5.74) is 0. The fraction of sp³-hybridized carbons (Fsp3) is 0.750. The minimum atomic E-state index is -0.686. The molecule has 1 fully saturated rings. The molecule has 0 aromatic heterocycles. The van der Waals surface area contributed by atoms with Crippen LogP contribution in [-0.2, 0) is 19.1 Å². The Bertz CT molecular complexity index is 430. The van der Waals surface area contributed by atoms with Gasteiger partial charge in [-0.15, -0.1) is 0 Å². The maximum atomic E-state index is 12.2. The summed E-state index contributed by atoms with van der Waals surface area (Å²) < 4.78 is 9.95. The third-order valence-electron chi connectivity index (χ3n) is 4.76. The van der Waals surface area contributed by atoms with Crippen LogP contribution in [0.5, 0.6) is 0 Å². The monoisotopic (exact) mass is 296 g/mol. The van der Waals surface area contributed by atoms with Crippen molar-refractivity contribution < 1.29 is 24.2 Å². The van der Waals surface area contributed by atoms with Gasteiger partial charge in [0.25, 0.3) is 0 Å². The second-order valence-corrected chi connectivity index (χ2v) is 6.02. The summed E-state index contributed by atoms with van der Waals surface area (Å²) in [6.45, 7) is 4.08. The van der Waals surface area contributed by atoms with Crippen molar-refractivity contribution in [3.05, 3.63) is 12.2 Å². The molecule has 2 aliphatic carbocycles. The minimum absolute atomic E-state index is 0.0171. The Morgan fingerprint density at radius 1 is 1.24 bits per heavy atom. The standard InChI is InChI=1S/C16H24O5/c1-4-21-16(19)13-9(2)5-6-10-7-11(15(18)20-3)8-12(17)14(10)13/h5-6,9-14,17H,4,7-8H2,1-3H3/t9-,10-,11-,12-,13-,14+/m0/s1. The van der Waals surface area contributed by atoms with Gasteiger partial charge in [0.2, 0.25) is 0 Å². The predicted octanol–water partition coefficient (Wildman–Crippen LogP) is 1.55. The highest BCUT2D eigenvalue weighted by Gasteiger charge is 2.48. The average molecular weight is 296 g/mol. The van der Waals surface area contributed by atoms with Crippen LogP contribution in [0.2, 0.25) is 0 Å². The normalized spacial score (nSPS) is 38.5. The summed E-state index contributed by atoms with van der Waals surface area (Å²) in [6, 6.07) is 0. The van der Waals surface area contributed by atoms with E-state index in [1.165, 1.54) is 7.11 Å². The van der Waals surface area contributed by atoms with Gasteiger partial charge in [-0.3, -0.25) is 9.59 Å². The summed E-state index contributed by atoms with van der Waals surface area (Å²) >= 11 is 0. The SMILES string of the molecule is CCOC(=O)[C@@H]1[C@H]2[C@@H](O)C[C@@H](C(=O)OC)C[C@@H]2C=C[C@@H]1C. The Morgan fingerprint density at radius 2 is 1.95 bits per heavy atom. The van der Waals surface area contributed by atoms with Gasteiger partial charge in [-0.25, -0.2) is 0 Å². The van der Waals surface area contributed by atoms with Crippen molar-refractivity contribution in [2.24, 2.45) is 29.6 Å². The zero-order valence-corrected chi connectivity index (χ0v) is 12.8. The largest absolute Gasteiger partial charge is 0.469 e. The molecular formula is C16H24O5. The number of aliphatic hydroxyl groups is 1. The lowest BCUT2D eigenvalue weighted by atomic mass is 9.61. The Morgan fingerprint density at radius 3 is 2.57 bits per heavy atom. The predicted molar refractivity (Wildman–Crippen MR) is 76.2 cm³/mol.